The van der Waals surface area contributed by atoms with E-state index in [0.717, 1.165) is 0 Å². The van der Waals surface area contributed by atoms with Crippen LogP contribution in [0.4, 0.5) is 15.8 Å². The number of hydrogen-bond acceptors (Lipinski definition) is 4. The number of carbonyl (C=O) groups is 1. The number of anilines is 2. The number of aromatic nitrogens is 1. The number of amides is 1. The number of halogens is 1. The number of benzene rings is 2. The number of oxazole rings is 1. The zero-order chi connectivity index (χ0) is 15.0. The third-order valence-corrected chi connectivity index (χ3v) is 3.05. The van der Waals surface area contributed by atoms with Crippen LogP contribution >= 0.6 is 0 Å². The fourth-order valence-corrected chi connectivity index (χ4v) is 2.05. The molecule has 5 nitrogen and oxygen atoms in total. The molecule has 0 saturated carbocycles. The molecule has 3 rings (SSSR count). The number of nitrogen functional groups attached to an aromatic ring is 1. The SMILES string of the molecule is Cc1nc2cc(NC(=O)c3cccc(F)c3N)ccc2o1. The zero-order valence-corrected chi connectivity index (χ0v) is 11.2. The zero-order valence-electron chi connectivity index (χ0n) is 11.2. The van der Waals surface area contributed by atoms with Gasteiger partial charge in [-0.05, 0) is 30.3 Å². The molecule has 2 aromatic carbocycles. The summed E-state index contributed by atoms with van der Waals surface area (Å²) in [4.78, 5) is 16.3. The molecule has 0 aliphatic rings. The molecule has 0 spiro atoms. The second kappa shape index (κ2) is 4.90. The van der Waals surface area contributed by atoms with E-state index in [-0.39, 0.29) is 11.3 Å². The second-order valence-electron chi connectivity index (χ2n) is 4.57. The molecular weight excluding hydrogens is 273 g/mol. The van der Waals surface area contributed by atoms with Gasteiger partial charge in [-0.1, -0.05) is 6.07 Å². The highest BCUT2D eigenvalue weighted by Crippen LogP contribution is 2.21. The van der Waals surface area contributed by atoms with Crippen molar-refractivity contribution in [2.75, 3.05) is 11.1 Å². The molecule has 3 aromatic rings. The first-order chi connectivity index (χ1) is 10.0. The Hall–Kier alpha value is -2.89. The largest absolute Gasteiger partial charge is 0.441 e. The van der Waals surface area contributed by atoms with E-state index in [4.69, 9.17) is 10.2 Å². The number of nitrogens with two attached hydrogens (primary N) is 1. The molecule has 1 amide bonds. The number of nitrogens with zero attached hydrogens (tertiary/aromatic N) is 1. The standard InChI is InChI=1S/C15H12FN3O2/c1-8-18-12-7-9(5-6-13(12)21-8)19-15(20)10-3-2-4-11(16)14(10)17/h2-7H,17H2,1H3,(H,19,20). The Labute approximate surface area is 119 Å². The predicted molar refractivity (Wildman–Crippen MR) is 77.5 cm³/mol. The lowest BCUT2D eigenvalue weighted by atomic mass is 10.1. The Morgan fingerprint density at radius 1 is 1.33 bits per heavy atom. The average Bonchev–Trinajstić information content (AvgIpc) is 2.81. The summed E-state index contributed by atoms with van der Waals surface area (Å²) in [7, 11) is 0. The summed E-state index contributed by atoms with van der Waals surface area (Å²) >= 11 is 0. The average molecular weight is 285 g/mol. The lowest BCUT2D eigenvalue weighted by Gasteiger charge is -2.07. The molecule has 21 heavy (non-hydrogen) atoms. The molecule has 0 fully saturated rings. The van der Waals surface area contributed by atoms with Crippen molar-refractivity contribution in [3.8, 4) is 0 Å². The van der Waals surface area contributed by atoms with Gasteiger partial charge >= 0.3 is 0 Å². The maximum absolute atomic E-state index is 13.4. The lowest BCUT2D eigenvalue weighted by molar-refractivity contribution is 0.102. The number of para-hydroxylation sites is 1. The molecule has 0 radical (unpaired) electrons. The highest BCUT2D eigenvalue weighted by Gasteiger charge is 2.13. The van der Waals surface area contributed by atoms with Gasteiger partial charge in [-0.3, -0.25) is 4.79 Å². The molecule has 0 aliphatic heterocycles. The predicted octanol–water partition coefficient (Wildman–Crippen LogP) is 3.11. The van der Waals surface area contributed by atoms with Crippen LogP contribution in [-0.4, -0.2) is 10.9 Å². The quantitative estimate of drug-likeness (QED) is 0.709. The van der Waals surface area contributed by atoms with E-state index in [2.05, 4.69) is 10.3 Å². The molecule has 6 heteroatoms. The molecule has 0 saturated heterocycles. The van der Waals surface area contributed by atoms with Crippen LogP contribution in [0.1, 0.15) is 16.2 Å². The summed E-state index contributed by atoms with van der Waals surface area (Å²) in [5.41, 5.74) is 7.29. The van der Waals surface area contributed by atoms with Gasteiger partial charge in [-0.15, -0.1) is 0 Å². The maximum Gasteiger partial charge on any atom is 0.257 e. The number of carbonyl (C=O) groups excluding carboxylic acids is 1. The van der Waals surface area contributed by atoms with Crippen LogP contribution in [0.5, 0.6) is 0 Å². The maximum atomic E-state index is 13.4. The minimum atomic E-state index is -0.620. The highest BCUT2D eigenvalue weighted by molar-refractivity contribution is 6.08. The van der Waals surface area contributed by atoms with Gasteiger partial charge in [0.1, 0.15) is 11.3 Å². The van der Waals surface area contributed by atoms with E-state index in [0.29, 0.717) is 22.7 Å². The Bertz CT molecular complexity index is 842. The lowest BCUT2D eigenvalue weighted by Crippen LogP contribution is -2.14. The van der Waals surface area contributed by atoms with Crippen molar-refractivity contribution in [3.05, 3.63) is 53.7 Å². The normalized spacial score (nSPS) is 10.8. The Morgan fingerprint density at radius 3 is 2.95 bits per heavy atom. The van der Waals surface area contributed by atoms with Gasteiger partial charge in [0, 0.05) is 12.6 Å². The van der Waals surface area contributed by atoms with Crippen LogP contribution in [0.3, 0.4) is 0 Å². The summed E-state index contributed by atoms with van der Waals surface area (Å²) in [6.07, 6.45) is 0. The van der Waals surface area contributed by atoms with Gasteiger partial charge in [-0.25, -0.2) is 9.37 Å². The number of rotatable bonds is 2. The van der Waals surface area contributed by atoms with Crippen LogP contribution in [0.15, 0.2) is 40.8 Å². The third kappa shape index (κ3) is 2.43. The van der Waals surface area contributed by atoms with Crippen LogP contribution in [-0.2, 0) is 0 Å². The van der Waals surface area contributed by atoms with Gasteiger partial charge in [0.05, 0.1) is 11.3 Å². The highest BCUT2D eigenvalue weighted by atomic mass is 19.1. The van der Waals surface area contributed by atoms with Gasteiger partial charge in [0.25, 0.3) is 5.91 Å². The summed E-state index contributed by atoms with van der Waals surface area (Å²) in [5.74, 6) is -0.556. The summed E-state index contributed by atoms with van der Waals surface area (Å²) in [6.45, 7) is 1.74. The van der Waals surface area contributed by atoms with Gasteiger partial charge in [-0.2, -0.15) is 0 Å². The molecular formula is C15H12FN3O2. The van der Waals surface area contributed by atoms with E-state index in [1.807, 2.05) is 0 Å². The topological polar surface area (TPSA) is 81.2 Å². The first kappa shape index (κ1) is 13.1. The summed E-state index contributed by atoms with van der Waals surface area (Å²) in [6, 6.07) is 9.17. The minimum Gasteiger partial charge on any atom is -0.441 e. The monoisotopic (exact) mass is 285 g/mol. The number of aryl methyl sites for hydroxylation is 1. The molecule has 1 aromatic heterocycles. The number of fused-ring (bicyclic) bond motifs is 1. The van der Waals surface area contributed by atoms with E-state index in [1.54, 1.807) is 25.1 Å². The van der Waals surface area contributed by atoms with Crippen LogP contribution in [0.25, 0.3) is 11.1 Å². The first-order valence-corrected chi connectivity index (χ1v) is 6.27. The summed E-state index contributed by atoms with van der Waals surface area (Å²) < 4.78 is 18.7. The van der Waals surface area contributed by atoms with Crippen molar-refractivity contribution >= 4 is 28.4 Å². The van der Waals surface area contributed by atoms with E-state index in [9.17, 15) is 9.18 Å². The van der Waals surface area contributed by atoms with Gasteiger partial charge in [0.2, 0.25) is 0 Å². The van der Waals surface area contributed by atoms with Crippen molar-refractivity contribution in [1.29, 1.82) is 0 Å². The van der Waals surface area contributed by atoms with Crippen molar-refractivity contribution in [2.24, 2.45) is 0 Å². The van der Waals surface area contributed by atoms with E-state index in [1.165, 1.54) is 18.2 Å². The van der Waals surface area contributed by atoms with Crippen LogP contribution in [0, 0.1) is 12.7 Å². The van der Waals surface area contributed by atoms with E-state index < -0.39 is 11.7 Å². The number of hydrogen-bond donors (Lipinski definition) is 2. The Morgan fingerprint density at radius 2 is 2.14 bits per heavy atom. The van der Waals surface area contributed by atoms with Crippen molar-refractivity contribution in [2.45, 2.75) is 6.92 Å². The van der Waals surface area contributed by atoms with Crippen molar-refractivity contribution < 1.29 is 13.6 Å². The fourth-order valence-electron chi connectivity index (χ4n) is 2.05. The molecule has 0 atom stereocenters. The van der Waals surface area contributed by atoms with Crippen molar-refractivity contribution in [3.63, 3.8) is 0 Å². The molecule has 3 N–H and O–H groups in total. The second-order valence-corrected chi connectivity index (χ2v) is 4.57. The Balaban J connectivity index is 1.90. The van der Waals surface area contributed by atoms with Crippen molar-refractivity contribution in [1.82, 2.24) is 4.98 Å². The molecule has 0 unspecified atom stereocenters. The Kier molecular flexibility index (Phi) is 3.06. The smallest absolute Gasteiger partial charge is 0.257 e. The number of nitrogens with one attached hydrogen (secondary N) is 1. The van der Waals surface area contributed by atoms with Gasteiger partial charge < -0.3 is 15.5 Å². The molecule has 106 valence electrons. The van der Waals surface area contributed by atoms with E-state index >= 15 is 0 Å². The first-order valence-electron chi connectivity index (χ1n) is 6.27. The molecule has 0 bridgehead atoms. The summed E-state index contributed by atoms with van der Waals surface area (Å²) in [5, 5.41) is 2.66. The third-order valence-electron chi connectivity index (χ3n) is 3.05. The van der Waals surface area contributed by atoms with Gasteiger partial charge in [0.15, 0.2) is 11.5 Å². The van der Waals surface area contributed by atoms with Crippen LogP contribution < -0.4 is 11.1 Å². The molecule has 1 heterocycles. The molecule has 0 aliphatic carbocycles. The minimum absolute atomic E-state index is 0.0893. The fraction of sp³-hybridized carbons (Fsp3) is 0.0667. The van der Waals surface area contributed by atoms with Crippen LogP contribution in [0.2, 0.25) is 0 Å².